The Bertz CT molecular complexity index is 372. The highest BCUT2D eigenvalue weighted by atomic mass is 16.6. The molecular weight excluding hydrogens is 262 g/mol. The maximum atomic E-state index is 12.1. The highest BCUT2D eigenvalue weighted by Crippen LogP contribution is 2.26. The van der Waals surface area contributed by atoms with Crippen molar-refractivity contribution < 1.29 is 23.8 Å². The Kier molecular flexibility index (Phi) is 5.02. The number of carbonyl (C=O) groups is 2. The van der Waals surface area contributed by atoms with Crippen LogP contribution >= 0.6 is 0 Å². The Morgan fingerprint density at radius 2 is 1.75 bits per heavy atom. The van der Waals surface area contributed by atoms with E-state index in [1.54, 1.807) is 34.6 Å². The Hall–Kier alpha value is -1.30. The number of hydrogen-bond acceptors (Lipinski definition) is 5. The van der Waals surface area contributed by atoms with E-state index in [1.165, 1.54) is 12.0 Å². The minimum absolute atomic E-state index is 0.438. The lowest BCUT2D eigenvalue weighted by molar-refractivity contribution is -0.192. The van der Waals surface area contributed by atoms with Gasteiger partial charge in [0.05, 0.1) is 7.11 Å². The van der Waals surface area contributed by atoms with Crippen molar-refractivity contribution in [2.24, 2.45) is 0 Å². The zero-order valence-electron chi connectivity index (χ0n) is 13.2. The zero-order chi connectivity index (χ0) is 15.6. The monoisotopic (exact) mass is 287 g/mol. The van der Waals surface area contributed by atoms with Crippen molar-refractivity contribution in [1.29, 1.82) is 0 Å². The standard InChI is InChI=1S/C14H25NO5/c1-13(2,3)20-11(16)14(4,5)19-10-8-7-9-15(10)12(17)18-6/h10H,7-9H2,1-6H3/t10-/m0/s1. The molecule has 1 saturated heterocycles. The van der Waals surface area contributed by atoms with Crippen molar-refractivity contribution in [1.82, 2.24) is 4.90 Å². The van der Waals surface area contributed by atoms with Gasteiger partial charge in [-0.25, -0.2) is 9.59 Å². The molecule has 6 nitrogen and oxygen atoms in total. The second-order valence-electron chi connectivity index (χ2n) is 6.39. The summed E-state index contributed by atoms with van der Waals surface area (Å²) in [7, 11) is 1.33. The fraction of sp³-hybridized carbons (Fsp3) is 0.857. The molecule has 1 aliphatic heterocycles. The van der Waals surface area contributed by atoms with Crippen molar-refractivity contribution >= 4 is 12.1 Å². The van der Waals surface area contributed by atoms with Gasteiger partial charge >= 0.3 is 12.1 Å². The quantitative estimate of drug-likeness (QED) is 0.745. The van der Waals surface area contributed by atoms with E-state index in [9.17, 15) is 9.59 Å². The molecule has 0 saturated carbocycles. The van der Waals surface area contributed by atoms with E-state index in [2.05, 4.69) is 0 Å². The van der Waals surface area contributed by atoms with Gasteiger partial charge in [-0.05, 0) is 47.5 Å². The van der Waals surface area contributed by atoms with Crippen molar-refractivity contribution in [3.8, 4) is 0 Å². The van der Waals surface area contributed by atoms with Gasteiger partial charge in [0.15, 0.2) is 5.60 Å². The summed E-state index contributed by atoms with van der Waals surface area (Å²) in [5, 5.41) is 0. The van der Waals surface area contributed by atoms with Crippen LogP contribution in [0.15, 0.2) is 0 Å². The summed E-state index contributed by atoms with van der Waals surface area (Å²) in [6, 6.07) is 0. The van der Waals surface area contributed by atoms with Gasteiger partial charge < -0.3 is 14.2 Å². The number of nitrogens with zero attached hydrogens (tertiary/aromatic N) is 1. The van der Waals surface area contributed by atoms with Crippen molar-refractivity contribution in [2.45, 2.75) is 64.9 Å². The fourth-order valence-corrected chi connectivity index (χ4v) is 1.97. The van der Waals surface area contributed by atoms with E-state index in [-0.39, 0.29) is 0 Å². The molecule has 1 heterocycles. The van der Waals surface area contributed by atoms with Gasteiger partial charge in [-0.15, -0.1) is 0 Å². The molecule has 1 atom stereocenters. The molecule has 116 valence electrons. The van der Waals surface area contributed by atoms with E-state index < -0.39 is 29.5 Å². The Balaban J connectivity index is 2.70. The molecule has 6 heteroatoms. The molecule has 0 N–H and O–H groups in total. The molecule has 0 spiro atoms. The summed E-state index contributed by atoms with van der Waals surface area (Å²) in [5.41, 5.74) is -1.69. The minimum Gasteiger partial charge on any atom is -0.458 e. The highest BCUT2D eigenvalue weighted by molar-refractivity contribution is 5.79. The molecule has 0 aromatic heterocycles. The van der Waals surface area contributed by atoms with Crippen LogP contribution in [0.1, 0.15) is 47.5 Å². The van der Waals surface area contributed by atoms with E-state index >= 15 is 0 Å². The first-order valence-corrected chi connectivity index (χ1v) is 6.82. The zero-order valence-corrected chi connectivity index (χ0v) is 13.2. The molecule has 0 aromatic carbocycles. The molecule has 0 radical (unpaired) electrons. The van der Waals surface area contributed by atoms with Gasteiger partial charge in [0.25, 0.3) is 0 Å². The third kappa shape index (κ3) is 4.37. The molecular formula is C14H25NO5. The molecule has 1 amide bonds. The Labute approximate surface area is 120 Å². The van der Waals surface area contributed by atoms with Crippen LogP contribution in [-0.4, -0.2) is 48.0 Å². The minimum atomic E-state index is -1.12. The van der Waals surface area contributed by atoms with Crippen LogP contribution in [0, 0.1) is 0 Å². The lowest BCUT2D eigenvalue weighted by atomic mass is 10.1. The summed E-state index contributed by atoms with van der Waals surface area (Å²) in [6.45, 7) is 9.28. The highest BCUT2D eigenvalue weighted by Gasteiger charge is 2.40. The van der Waals surface area contributed by atoms with E-state index in [1.807, 2.05) is 0 Å². The smallest absolute Gasteiger partial charge is 0.411 e. The van der Waals surface area contributed by atoms with Gasteiger partial charge in [0, 0.05) is 6.54 Å². The lowest BCUT2D eigenvalue weighted by Crippen LogP contribution is -2.47. The van der Waals surface area contributed by atoms with Crippen LogP contribution < -0.4 is 0 Å². The van der Waals surface area contributed by atoms with Crippen LogP contribution in [0.3, 0.4) is 0 Å². The van der Waals surface area contributed by atoms with Crippen LogP contribution in [0.25, 0.3) is 0 Å². The molecule has 20 heavy (non-hydrogen) atoms. The van der Waals surface area contributed by atoms with Gasteiger partial charge in [0.1, 0.15) is 11.8 Å². The number of methoxy groups -OCH3 is 1. The maximum Gasteiger partial charge on any atom is 0.411 e. The molecule has 0 bridgehead atoms. The Morgan fingerprint density at radius 3 is 2.25 bits per heavy atom. The summed E-state index contributed by atoms with van der Waals surface area (Å²) in [5.74, 6) is -0.443. The van der Waals surface area contributed by atoms with Crippen LogP contribution in [0.2, 0.25) is 0 Å². The molecule has 1 rings (SSSR count). The number of carbonyl (C=O) groups excluding carboxylic acids is 2. The molecule has 0 aromatic rings. The predicted octanol–water partition coefficient (Wildman–Crippen LogP) is 2.31. The summed E-state index contributed by atoms with van der Waals surface area (Å²) >= 11 is 0. The average Bonchev–Trinajstić information content (AvgIpc) is 2.73. The first-order chi connectivity index (χ1) is 9.07. The summed E-state index contributed by atoms with van der Waals surface area (Å²) < 4.78 is 15.8. The third-order valence-corrected chi connectivity index (χ3v) is 2.93. The van der Waals surface area contributed by atoms with Gasteiger partial charge in [-0.1, -0.05) is 0 Å². The lowest BCUT2D eigenvalue weighted by Gasteiger charge is -2.33. The van der Waals surface area contributed by atoms with Gasteiger partial charge in [0.2, 0.25) is 0 Å². The van der Waals surface area contributed by atoms with Crippen LogP contribution in [0.4, 0.5) is 4.79 Å². The number of hydrogen-bond donors (Lipinski definition) is 0. The van der Waals surface area contributed by atoms with Gasteiger partial charge in [-0.3, -0.25) is 4.90 Å². The van der Waals surface area contributed by atoms with Crippen LogP contribution in [-0.2, 0) is 19.0 Å². The predicted molar refractivity (Wildman–Crippen MR) is 73.1 cm³/mol. The third-order valence-electron chi connectivity index (χ3n) is 2.93. The first-order valence-electron chi connectivity index (χ1n) is 6.82. The maximum absolute atomic E-state index is 12.1. The van der Waals surface area contributed by atoms with E-state index in [4.69, 9.17) is 14.2 Å². The average molecular weight is 287 g/mol. The molecule has 1 fully saturated rings. The number of esters is 1. The largest absolute Gasteiger partial charge is 0.458 e. The van der Waals surface area contributed by atoms with Crippen molar-refractivity contribution in [3.63, 3.8) is 0 Å². The van der Waals surface area contributed by atoms with E-state index in [0.717, 1.165) is 6.42 Å². The fourth-order valence-electron chi connectivity index (χ4n) is 1.97. The first kappa shape index (κ1) is 16.8. The van der Waals surface area contributed by atoms with Gasteiger partial charge in [-0.2, -0.15) is 0 Å². The summed E-state index contributed by atoms with van der Waals surface area (Å²) in [4.78, 5) is 25.2. The number of likely N-dealkylation sites (tertiary alicyclic amines) is 1. The second kappa shape index (κ2) is 5.99. The Morgan fingerprint density at radius 1 is 1.15 bits per heavy atom. The molecule has 1 aliphatic rings. The SMILES string of the molecule is COC(=O)N1CCC[C@@H]1OC(C)(C)C(=O)OC(C)(C)C. The van der Waals surface area contributed by atoms with E-state index in [0.29, 0.717) is 13.0 Å². The second-order valence-corrected chi connectivity index (χ2v) is 6.39. The normalized spacial score (nSPS) is 19.9. The number of ether oxygens (including phenoxy) is 3. The van der Waals surface area contributed by atoms with Crippen molar-refractivity contribution in [3.05, 3.63) is 0 Å². The molecule has 0 aliphatic carbocycles. The van der Waals surface area contributed by atoms with Crippen molar-refractivity contribution in [2.75, 3.05) is 13.7 Å². The number of amides is 1. The van der Waals surface area contributed by atoms with Crippen LogP contribution in [0.5, 0.6) is 0 Å². The number of rotatable bonds is 3. The topological polar surface area (TPSA) is 65.1 Å². The molecule has 0 unspecified atom stereocenters. The summed E-state index contributed by atoms with van der Waals surface area (Å²) in [6.07, 6.45) is 0.614.